The molecule has 7 nitrogen and oxygen atoms in total. The molecule has 0 aliphatic rings. The maximum absolute atomic E-state index is 11.9. The molecule has 0 bridgehead atoms. The number of aliphatic imine (C=N–C) groups is 1. The number of benzene rings is 1. The average Bonchev–Trinajstić information content (AvgIpc) is 2.58. The Labute approximate surface area is 131 Å². The van der Waals surface area contributed by atoms with Crippen LogP contribution >= 0.6 is 0 Å². The summed E-state index contributed by atoms with van der Waals surface area (Å²) < 4.78 is 5.16. The first-order chi connectivity index (χ1) is 11.3. The Morgan fingerprint density at radius 3 is 2.83 bits per heavy atom. The summed E-state index contributed by atoms with van der Waals surface area (Å²) in [4.78, 5) is 24.0. The van der Waals surface area contributed by atoms with E-state index in [0.29, 0.717) is 30.0 Å². The number of anilines is 1. The molecule has 3 aromatic rings. The molecule has 0 fully saturated rings. The Morgan fingerprint density at radius 2 is 2.00 bits per heavy atom. The summed E-state index contributed by atoms with van der Waals surface area (Å²) in [5, 5.41) is 13.6. The van der Waals surface area contributed by atoms with Crippen molar-refractivity contribution in [1.29, 1.82) is 0 Å². The first-order valence-electron chi connectivity index (χ1n) is 7.01. The predicted octanol–water partition coefficient (Wildman–Crippen LogP) is 1.82. The highest BCUT2D eigenvalue weighted by atomic mass is 16.4. The molecule has 0 spiro atoms. The van der Waals surface area contributed by atoms with E-state index in [2.05, 4.69) is 20.3 Å². The smallest absolute Gasteiger partial charge is 0.348 e. The molecule has 23 heavy (non-hydrogen) atoms. The Bertz CT molecular complexity index is 891. The van der Waals surface area contributed by atoms with Crippen molar-refractivity contribution in [3.8, 4) is 5.75 Å². The summed E-state index contributed by atoms with van der Waals surface area (Å²) >= 11 is 0. The normalized spacial score (nSPS) is 11.1. The van der Waals surface area contributed by atoms with Gasteiger partial charge in [0.2, 0.25) is 5.95 Å². The summed E-state index contributed by atoms with van der Waals surface area (Å²) in [5.74, 6) is 0.385. The number of rotatable bonds is 5. The van der Waals surface area contributed by atoms with E-state index < -0.39 is 5.63 Å². The van der Waals surface area contributed by atoms with Gasteiger partial charge in [0.15, 0.2) is 0 Å². The van der Waals surface area contributed by atoms with Crippen LogP contribution in [0.25, 0.3) is 11.0 Å². The molecule has 0 radical (unpaired) electrons. The van der Waals surface area contributed by atoms with Gasteiger partial charge in [0.1, 0.15) is 16.9 Å². The second-order valence-electron chi connectivity index (χ2n) is 4.68. The molecule has 3 rings (SSSR count). The van der Waals surface area contributed by atoms with Crippen LogP contribution < -0.4 is 10.9 Å². The van der Waals surface area contributed by atoms with E-state index in [1.807, 2.05) is 0 Å². The minimum Gasteiger partial charge on any atom is -0.506 e. The minimum atomic E-state index is -0.621. The van der Waals surface area contributed by atoms with Crippen LogP contribution in [-0.4, -0.2) is 34.4 Å². The third kappa shape index (κ3) is 3.34. The largest absolute Gasteiger partial charge is 0.506 e. The molecule has 0 amide bonds. The molecule has 0 aliphatic heterocycles. The van der Waals surface area contributed by atoms with Gasteiger partial charge in [0, 0.05) is 25.2 Å². The summed E-state index contributed by atoms with van der Waals surface area (Å²) in [5.41, 5.74) is -0.237. The van der Waals surface area contributed by atoms with Gasteiger partial charge < -0.3 is 14.8 Å². The number of fused-ring (bicyclic) bond motifs is 1. The van der Waals surface area contributed by atoms with Gasteiger partial charge in [-0.2, -0.15) is 0 Å². The first kappa shape index (κ1) is 14.7. The number of para-hydroxylation sites is 1. The number of hydrogen-bond donors (Lipinski definition) is 2. The van der Waals surface area contributed by atoms with Crippen molar-refractivity contribution in [3.05, 3.63) is 58.7 Å². The second-order valence-corrected chi connectivity index (χ2v) is 4.68. The summed E-state index contributed by atoms with van der Waals surface area (Å²) in [6.07, 6.45) is 4.59. The molecule has 116 valence electrons. The van der Waals surface area contributed by atoms with Crippen LogP contribution in [0.1, 0.15) is 5.56 Å². The Morgan fingerprint density at radius 1 is 1.22 bits per heavy atom. The van der Waals surface area contributed by atoms with E-state index >= 15 is 0 Å². The van der Waals surface area contributed by atoms with Gasteiger partial charge >= 0.3 is 5.63 Å². The van der Waals surface area contributed by atoms with Crippen LogP contribution in [0.15, 0.2) is 56.9 Å². The van der Waals surface area contributed by atoms with E-state index in [1.165, 1.54) is 6.21 Å². The van der Waals surface area contributed by atoms with E-state index in [0.717, 1.165) is 0 Å². The summed E-state index contributed by atoms with van der Waals surface area (Å²) in [7, 11) is 0. The minimum absolute atomic E-state index is 0.0414. The number of hydrogen-bond acceptors (Lipinski definition) is 7. The van der Waals surface area contributed by atoms with Crippen LogP contribution in [0.3, 0.4) is 0 Å². The number of nitrogens with one attached hydrogen (secondary N) is 1. The van der Waals surface area contributed by atoms with Crippen molar-refractivity contribution in [2.24, 2.45) is 4.99 Å². The predicted molar refractivity (Wildman–Crippen MR) is 87.1 cm³/mol. The fourth-order valence-corrected chi connectivity index (χ4v) is 2.04. The number of nitrogens with zero attached hydrogens (tertiary/aromatic N) is 3. The van der Waals surface area contributed by atoms with Gasteiger partial charge in [-0.1, -0.05) is 12.1 Å². The van der Waals surface area contributed by atoms with Crippen molar-refractivity contribution in [1.82, 2.24) is 9.97 Å². The monoisotopic (exact) mass is 310 g/mol. The maximum Gasteiger partial charge on any atom is 0.348 e. The zero-order valence-electron chi connectivity index (χ0n) is 12.1. The van der Waals surface area contributed by atoms with E-state index in [1.54, 1.807) is 42.7 Å². The lowest BCUT2D eigenvalue weighted by Crippen LogP contribution is -2.10. The second kappa shape index (κ2) is 6.69. The van der Waals surface area contributed by atoms with Gasteiger partial charge in [-0.15, -0.1) is 0 Å². The van der Waals surface area contributed by atoms with Crippen LogP contribution in [-0.2, 0) is 0 Å². The molecule has 1 aromatic carbocycles. The lowest BCUT2D eigenvalue weighted by atomic mass is 10.1. The van der Waals surface area contributed by atoms with Crippen molar-refractivity contribution in [2.45, 2.75) is 0 Å². The molecule has 2 N–H and O–H groups in total. The summed E-state index contributed by atoms with van der Waals surface area (Å²) in [6, 6.07) is 8.52. The zero-order valence-corrected chi connectivity index (χ0v) is 12.1. The van der Waals surface area contributed by atoms with Gasteiger partial charge in [-0.05, 0) is 18.2 Å². The summed E-state index contributed by atoms with van der Waals surface area (Å²) in [6.45, 7) is 0.893. The highest BCUT2D eigenvalue weighted by Gasteiger charge is 2.11. The molecule has 2 aromatic heterocycles. The maximum atomic E-state index is 11.9. The first-order valence-corrected chi connectivity index (χ1v) is 7.01. The van der Waals surface area contributed by atoms with Crippen molar-refractivity contribution in [2.75, 3.05) is 18.4 Å². The van der Waals surface area contributed by atoms with Gasteiger partial charge in [0.05, 0.1) is 11.9 Å². The zero-order chi connectivity index (χ0) is 16.1. The van der Waals surface area contributed by atoms with Crippen molar-refractivity contribution in [3.63, 3.8) is 0 Å². The number of aromatic hydroxyl groups is 1. The number of aromatic nitrogens is 2. The van der Waals surface area contributed by atoms with Crippen LogP contribution in [0.5, 0.6) is 5.75 Å². The molecular weight excluding hydrogens is 296 g/mol. The molecule has 0 aliphatic carbocycles. The SMILES string of the molecule is O=c1oc2ccccc2c(O)c1C=NCCNc1ncccn1. The van der Waals surface area contributed by atoms with E-state index in [-0.39, 0.29) is 11.3 Å². The Hall–Kier alpha value is -3.22. The van der Waals surface area contributed by atoms with Gasteiger partial charge in [-0.25, -0.2) is 14.8 Å². The average molecular weight is 310 g/mol. The molecule has 7 heteroatoms. The third-order valence-corrected chi connectivity index (χ3v) is 3.13. The fraction of sp³-hybridized carbons (Fsp3) is 0.125. The van der Waals surface area contributed by atoms with E-state index in [9.17, 15) is 9.90 Å². The molecule has 0 saturated carbocycles. The fourth-order valence-electron chi connectivity index (χ4n) is 2.04. The lowest BCUT2D eigenvalue weighted by molar-refractivity contribution is 0.466. The Kier molecular flexibility index (Phi) is 4.28. The van der Waals surface area contributed by atoms with Gasteiger partial charge in [-0.3, -0.25) is 4.99 Å². The third-order valence-electron chi connectivity index (χ3n) is 3.13. The van der Waals surface area contributed by atoms with Crippen molar-refractivity contribution >= 4 is 23.1 Å². The van der Waals surface area contributed by atoms with Crippen molar-refractivity contribution < 1.29 is 9.52 Å². The molecule has 2 heterocycles. The molecule has 0 unspecified atom stereocenters. The van der Waals surface area contributed by atoms with Crippen LogP contribution in [0.2, 0.25) is 0 Å². The van der Waals surface area contributed by atoms with Crippen LogP contribution in [0, 0.1) is 0 Å². The van der Waals surface area contributed by atoms with Gasteiger partial charge in [0.25, 0.3) is 0 Å². The highest BCUT2D eigenvalue weighted by molar-refractivity contribution is 5.93. The standard InChI is InChI=1S/C16H14N4O3/c21-14-11-4-1-2-5-13(11)23-15(22)12(14)10-17-8-9-20-16-18-6-3-7-19-16/h1-7,10,21H,8-9H2,(H,18,19,20). The topological polar surface area (TPSA) is 101 Å². The lowest BCUT2D eigenvalue weighted by Gasteiger charge is -2.03. The molecule has 0 atom stereocenters. The van der Waals surface area contributed by atoms with E-state index in [4.69, 9.17) is 4.42 Å². The quantitative estimate of drug-likeness (QED) is 0.423. The highest BCUT2D eigenvalue weighted by Crippen LogP contribution is 2.24. The van der Waals surface area contributed by atoms with Crippen LogP contribution in [0.4, 0.5) is 5.95 Å². The molecular formula is C16H14N4O3. The molecule has 0 saturated heterocycles. The Balaban J connectivity index is 1.70.